The monoisotopic (exact) mass is 274 g/mol. The van der Waals surface area contributed by atoms with Crippen LogP contribution in [0.4, 0.5) is 0 Å². The molecule has 0 atom stereocenters. The minimum atomic E-state index is 0.458. The number of hydrogen-bond acceptors (Lipinski definition) is 3. The molecule has 19 heavy (non-hydrogen) atoms. The zero-order chi connectivity index (χ0) is 13.2. The molecule has 0 saturated heterocycles. The lowest BCUT2D eigenvalue weighted by atomic mass is 9.87. The van der Waals surface area contributed by atoms with Gasteiger partial charge in [0.05, 0.1) is 0 Å². The van der Waals surface area contributed by atoms with Crippen LogP contribution in [0.25, 0.3) is 11.5 Å². The lowest BCUT2D eigenvalue weighted by Gasteiger charge is -2.27. The predicted octanol–water partition coefficient (Wildman–Crippen LogP) is 3.75. The summed E-state index contributed by atoms with van der Waals surface area (Å²) in [6.07, 6.45) is 6.67. The first-order valence-corrected chi connectivity index (χ1v) is 7.25. The minimum absolute atomic E-state index is 0.458. The summed E-state index contributed by atoms with van der Waals surface area (Å²) < 4.78 is 2.86. The molecular weight excluding hydrogens is 256 g/mol. The van der Waals surface area contributed by atoms with E-state index in [9.17, 15) is 0 Å². The van der Waals surface area contributed by atoms with E-state index in [1.165, 1.54) is 25.7 Å². The first kappa shape index (κ1) is 12.5. The third kappa shape index (κ3) is 2.47. The van der Waals surface area contributed by atoms with Gasteiger partial charge in [-0.15, -0.1) is 0 Å². The van der Waals surface area contributed by atoms with E-state index >= 15 is 0 Å². The van der Waals surface area contributed by atoms with Gasteiger partial charge in [0, 0.05) is 12.2 Å². The van der Waals surface area contributed by atoms with Crippen LogP contribution in [0.15, 0.2) is 24.4 Å². The Bertz CT molecular complexity index is 593. The Morgan fingerprint density at radius 1 is 1.26 bits per heavy atom. The first-order chi connectivity index (χ1) is 9.25. The van der Waals surface area contributed by atoms with Crippen molar-refractivity contribution in [2.24, 2.45) is 5.92 Å². The smallest absolute Gasteiger partial charge is 0.195 e. The van der Waals surface area contributed by atoms with E-state index in [2.05, 4.69) is 26.7 Å². The van der Waals surface area contributed by atoms with Gasteiger partial charge in [-0.1, -0.05) is 13.0 Å². The van der Waals surface area contributed by atoms with Crippen molar-refractivity contribution >= 4 is 12.2 Å². The maximum Gasteiger partial charge on any atom is 0.195 e. The van der Waals surface area contributed by atoms with Crippen LogP contribution in [-0.4, -0.2) is 19.7 Å². The molecule has 1 aliphatic carbocycles. The molecule has 0 bridgehead atoms. The van der Waals surface area contributed by atoms with Crippen molar-refractivity contribution in [3.63, 3.8) is 0 Å². The molecule has 0 unspecified atom stereocenters. The molecule has 2 heterocycles. The number of pyridine rings is 1. The van der Waals surface area contributed by atoms with Gasteiger partial charge in [0.25, 0.3) is 0 Å². The predicted molar refractivity (Wildman–Crippen MR) is 77.3 cm³/mol. The van der Waals surface area contributed by atoms with Crippen molar-refractivity contribution in [1.29, 1.82) is 0 Å². The van der Waals surface area contributed by atoms with Crippen LogP contribution >= 0.6 is 12.2 Å². The number of H-pyrrole nitrogens is 1. The lowest BCUT2D eigenvalue weighted by molar-refractivity contribution is 0.289. The van der Waals surface area contributed by atoms with Gasteiger partial charge in [0.1, 0.15) is 5.69 Å². The molecule has 0 radical (unpaired) electrons. The maximum absolute atomic E-state index is 5.40. The second kappa shape index (κ2) is 5.25. The highest BCUT2D eigenvalue weighted by Crippen LogP contribution is 2.34. The van der Waals surface area contributed by atoms with Crippen LogP contribution in [0.1, 0.15) is 38.6 Å². The van der Waals surface area contributed by atoms with E-state index in [0.29, 0.717) is 10.8 Å². The lowest BCUT2D eigenvalue weighted by Crippen LogP contribution is -2.18. The Morgan fingerprint density at radius 3 is 2.74 bits per heavy atom. The normalized spacial score (nSPS) is 23.4. The molecule has 4 nitrogen and oxygen atoms in total. The number of nitrogens with zero attached hydrogens (tertiary/aromatic N) is 3. The molecule has 0 aliphatic heterocycles. The maximum atomic E-state index is 5.40. The topological polar surface area (TPSA) is 46.5 Å². The molecule has 0 spiro atoms. The summed E-state index contributed by atoms with van der Waals surface area (Å²) in [5.41, 5.74) is 0.883. The Hall–Kier alpha value is -1.49. The molecule has 1 fully saturated rings. The van der Waals surface area contributed by atoms with Gasteiger partial charge < -0.3 is 0 Å². The second-order valence-electron chi connectivity index (χ2n) is 5.35. The van der Waals surface area contributed by atoms with Crippen molar-refractivity contribution in [2.75, 3.05) is 0 Å². The molecule has 2 aromatic heterocycles. The summed E-state index contributed by atoms with van der Waals surface area (Å²) in [6.45, 7) is 2.32. The Labute approximate surface area is 117 Å². The third-order valence-electron chi connectivity index (χ3n) is 3.95. The van der Waals surface area contributed by atoms with E-state index in [0.717, 1.165) is 17.4 Å². The zero-order valence-corrected chi connectivity index (χ0v) is 11.9. The van der Waals surface area contributed by atoms with Crippen molar-refractivity contribution in [2.45, 2.75) is 38.6 Å². The molecule has 1 saturated carbocycles. The summed E-state index contributed by atoms with van der Waals surface area (Å²) in [5, 5.41) is 7.28. The van der Waals surface area contributed by atoms with Crippen LogP contribution < -0.4 is 0 Å². The standard InChI is InChI=1S/C14H18N4S/c1-10-5-7-11(8-6-10)18-13(16-17-14(18)19)12-4-2-3-9-15-12/h2-4,9-11H,5-8H2,1H3,(H,17,19). The van der Waals surface area contributed by atoms with Crippen molar-refractivity contribution in [1.82, 2.24) is 19.7 Å². The van der Waals surface area contributed by atoms with Crippen molar-refractivity contribution < 1.29 is 0 Å². The van der Waals surface area contributed by atoms with Gasteiger partial charge in [-0.3, -0.25) is 14.6 Å². The molecule has 2 aromatic rings. The van der Waals surface area contributed by atoms with E-state index in [4.69, 9.17) is 12.2 Å². The fourth-order valence-electron chi connectivity index (χ4n) is 2.82. The molecule has 1 N–H and O–H groups in total. The average molecular weight is 274 g/mol. The van der Waals surface area contributed by atoms with Crippen LogP contribution in [0.5, 0.6) is 0 Å². The summed E-state index contributed by atoms with van der Waals surface area (Å²) in [7, 11) is 0. The van der Waals surface area contributed by atoms with E-state index < -0.39 is 0 Å². The van der Waals surface area contributed by atoms with Gasteiger partial charge in [-0.25, -0.2) is 0 Å². The van der Waals surface area contributed by atoms with Crippen LogP contribution in [0.2, 0.25) is 0 Å². The number of hydrogen-bond donors (Lipinski definition) is 1. The summed E-state index contributed by atoms with van der Waals surface area (Å²) in [6, 6.07) is 6.33. The fourth-order valence-corrected chi connectivity index (χ4v) is 3.10. The van der Waals surface area contributed by atoms with E-state index in [1.54, 1.807) is 6.20 Å². The molecule has 3 rings (SSSR count). The van der Waals surface area contributed by atoms with E-state index in [-0.39, 0.29) is 0 Å². The van der Waals surface area contributed by atoms with Crippen molar-refractivity contribution in [3.8, 4) is 11.5 Å². The van der Waals surface area contributed by atoms with Crippen LogP contribution in [-0.2, 0) is 0 Å². The Kier molecular flexibility index (Phi) is 3.46. The van der Waals surface area contributed by atoms with Gasteiger partial charge in [0.15, 0.2) is 10.6 Å². The van der Waals surface area contributed by atoms with Crippen molar-refractivity contribution in [3.05, 3.63) is 29.2 Å². The molecule has 1 aliphatic rings. The number of nitrogens with one attached hydrogen (secondary N) is 1. The van der Waals surface area contributed by atoms with Crippen LogP contribution in [0.3, 0.4) is 0 Å². The SMILES string of the molecule is CC1CCC(n2c(-c3ccccn3)n[nH]c2=S)CC1. The molecule has 0 aromatic carbocycles. The highest BCUT2D eigenvalue weighted by molar-refractivity contribution is 7.71. The molecule has 5 heteroatoms. The summed E-state index contributed by atoms with van der Waals surface area (Å²) in [5.74, 6) is 1.70. The number of rotatable bonds is 2. The zero-order valence-electron chi connectivity index (χ0n) is 11.0. The Balaban J connectivity index is 1.98. The third-order valence-corrected chi connectivity index (χ3v) is 4.24. The highest BCUT2D eigenvalue weighted by atomic mass is 32.1. The number of aromatic nitrogens is 4. The van der Waals surface area contributed by atoms with E-state index in [1.807, 2.05) is 18.2 Å². The summed E-state index contributed by atoms with van der Waals surface area (Å²) >= 11 is 5.40. The molecule has 100 valence electrons. The first-order valence-electron chi connectivity index (χ1n) is 6.84. The highest BCUT2D eigenvalue weighted by Gasteiger charge is 2.23. The number of aromatic amines is 1. The fraction of sp³-hybridized carbons (Fsp3) is 0.500. The molecule has 0 amide bonds. The minimum Gasteiger partial charge on any atom is -0.296 e. The van der Waals surface area contributed by atoms with Gasteiger partial charge in [0.2, 0.25) is 0 Å². The average Bonchev–Trinajstić information content (AvgIpc) is 2.83. The van der Waals surface area contributed by atoms with Gasteiger partial charge in [-0.2, -0.15) is 5.10 Å². The van der Waals surface area contributed by atoms with Gasteiger partial charge in [-0.05, 0) is 56.0 Å². The summed E-state index contributed by atoms with van der Waals surface area (Å²) in [4.78, 5) is 4.38. The largest absolute Gasteiger partial charge is 0.296 e. The quantitative estimate of drug-likeness (QED) is 0.848. The Morgan fingerprint density at radius 2 is 2.05 bits per heavy atom. The van der Waals surface area contributed by atoms with Crippen LogP contribution in [0, 0.1) is 10.7 Å². The van der Waals surface area contributed by atoms with Gasteiger partial charge >= 0.3 is 0 Å². The molecular formula is C14H18N4S. The second-order valence-corrected chi connectivity index (χ2v) is 5.74.